The highest BCUT2D eigenvalue weighted by Gasteiger charge is 2.24. The van der Waals surface area contributed by atoms with Gasteiger partial charge in [0.1, 0.15) is 0 Å². The second-order valence-corrected chi connectivity index (χ2v) is 6.46. The normalized spacial score (nSPS) is 11.3. The van der Waals surface area contributed by atoms with E-state index in [1.807, 2.05) is 36.4 Å². The molecule has 0 aliphatic heterocycles. The summed E-state index contributed by atoms with van der Waals surface area (Å²) in [6.45, 7) is 8.03. The van der Waals surface area contributed by atoms with E-state index in [2.05, 4.69) is 49.6 Å². The first kappa shape index (κ1) is 17.2. The highest BCUT2D eigenvalue weighted by Crippen LogP contribution is 2.27. The van der Waals surface area contributed by atoms with Crippen LogP contribution >= 0.6 is 0 Å². The molecule has 122 valence electrons. The topological polar surface area (TPSA) is 41.1 Å². The van der Waals surface area contributed by atoms with Gasteiger partial charge in [0.15, 0.2) is 0 Å². The van der Waals surface area contributed by atoms with Gasteiger partial charge < -0.3 is 10.6 Å². The van der Waals surface area contributed by atoms with Gasteiger partial charge >= 0.3 is 0 Å². The summed E-state index contributed by atoms with van der Waals surface area (Å²) in [4.78, 5) is 12.4. The molecule has 0 aliphatic rings. The van der Waals surface area contributed by atoms with Gasteiger partial charge in [-0.05, 0) is 35.2 Å². The van der Waals surface area contributed by atoms with Crippen molar-refractivity contribution in [3.05, 3.63) is 65.7 Å². The minimum absolute atomic E-state index is 0.0412. The summed E-state index contributed by atoms with van der Waals surface area (Å²) >= 11 is 0. The fourth-order valence-electron chi connectivity index (χ4n) is 2.63. The predicted molar refractivity (Wildman–Crippen MR) is 96.5 cm³/mol. The molecule has 0 heterocycles. The van der Waals surface area contributed by atoms with Gasteiger partial charge in [-0.25, -0.2) is 0 Å². The van der Waals surface area contributed by atoms with Crippen molar-refractivity contribution in [1.82, 2.24) is 5.32 Å². The van der Waals surface area contributed by atoms with Gasteiger partial charge in [-0.1, -0.05) is 63.2 Å². The number of carbonyl (C=O) groups is 1. The van der Waals surface area contributed by atoms with Crippen LogP contribution in [-0.2, 0) is 16.8 Å². The Labute approximate surface area is 139 Å². The van der Waals surface area contributed by atoms with Crippen LogP contribution in [0.15, 0.2) is 54.6 Å². The molecule has 0 saturated heterocycles. The van der Waals surface area contributed by atoms with Crippen LogP contribution in [0.1, 0.15) is 38.3 Å². The summed E-state index contributed by atoms with van der Waals surface area (Å²) in [6, 6.07) is 18.2. The van der Waals surface area contributed by atoms with Crippen LogP contribution in [0.25, 0.3) is 0 Å². The largest absolute Gasteiger partial charge is 0.326 e. The number of nitrogens with one attached hydrogen (secondary N) is 2. The minimum atomic E-state index is -0.188. The first-order valence-electron chi connectivity index (χ1n) is 8.16. The second-order valence-electron chi connectivity index (χ2n) is 6.46. The van der Waals surface area contributed by atoms with Crippen molar-refractivity contribution in [3.8, 4) is 0 Å². The molecule has 0 fully saturated rings. The highest BCUT2D eigenvalue weighted by molar-refractivity contribution is 5.91. The van der Waals surface area contributed by atoms with Crippen molar-refractivity contribution in [2.75, 3.05) is 11.9 Å². The minimum Gasteiger partial charge on any atom is -0.326 e. The van der Waals surface area contributed by atoms with Gasteiger partial charge in [0.05, 0.1) is 0 Å². The summed E-state index contributed by atoms with van der Waals surface area (Å²) in [5.74, 6) is 0.0412. The molecule has 0 atom stereocenters. The Bertz CT molecular complexity index is 635. The van der Waals surface area contributed by atoms with Gasteiger partial charge in [0, 0.05) is 18.7 Å². The van der Waals surface area contributed by atoms with E-state index in [0.717, 1.165) is 18.8 Å². The van der Waals surface area contributed by atoms with Crippen LogP contribution in [0.2, 0.25) is 0 Å². The summed E-state index contributed by atoms with van der Waals surface area (Å²) in [5, 5.41) is 6.31. The van der Waals surface area contributed by atoms with Crippen LogP contribution in [-0.4, -0.2) is 12.5 Å². The summed E-state index contributed by atoms with van der Waals surface area (Å²) in [6.07, 6.45) is 0.453. The molecule has 0 aromatic heterocycles. The molecule has 0 bridgehead atoms. The Morgan fingerprint density at radius 2 is 1.78 bits per heavy atom. The van der Waals surface area contributed by atoms with Gasteiger partial charge in [-0.3, -0.25) is 4.79 Å². The fourth-order valence-corrected chi connectivity index (χ4v) is 2.63. The van der Waals surface area contributed by atoms with Crippen molar-refractivity contribution in [2.24, 2.45) is 0 Å². The van der Waals surface area contributed by atoms with Crippen LogP contribution in [0.3, 0.4) is 0 Å². The number of rotatable bonds is 7. The third kappa shape index (κ3) is 5.22. The maximum atomic E-state index is 12.4. The number of hydrogen-bond acceptors (Lipinski definition) is 2. The lowest BCUT2D eigenvalue weighted by molar-refractivity contribution is -0.117. The zero-order chi connectivity index (χ0) is 16.7. The first-order valence-corrected chi connectivity index (χ1v) is 8.16. The summed E-state index contributed by atoms with van der Waals surface area (Å²) in [7, 11) is 0. The molecule has 3 nitrogen and oxygen atoms in total. The van der Waals surface area contributed by atoms with Crippen LogP contribution in [0.5, 0.6) is 0 Å². The molecule has 0 radical (unpaired) electrons. The zero-order valence-electron chi connectivity index (χ0n) is 14.2. The van der Waals surface area contributed by atoms with Crippen molar-refractivity contribution in [2.45, 2.75) is 39.2 Å². The van der Waals surface area contributed by atoms with E-state index in [-0.39, 0.29) is 11.3 Å². The van der Waals surface area contributed by atoms with Gasteiger partial charge in [0.25, 0.3) is 0 Å². The average Bonchev–Trinajstić information content (AvgIpc) is 2.53. The fraction of sp³-hybridized carbons (Fsp3) is 0.350. The average molecular weight is 310 g/mol. The maximum absolute atomic E-state index is 12.4. The van der Waals surface area contributed by atoms with Gasteiger partial charge in [-0.2, -0.15) is 0 Å². The van der Waals surface area contributed by atoms with Crippen LogP contribution < -0.4 is 10.6 Å². The number of hydrogen-bond donors (Lipinski definition) is 2. The SMILES string of the molecule is CCNCc1cccc(NC(=O)CC(C)(C)c2ccccc2)c1. The van der Waals surface area contributed by atoms with Gasteiger partial charge in [0.2, 0.25) is 5.91 Å². The lowest BCUT2D eigenvalue weighted by atomic mass is 9.81. The standard InChI is InChI=1S/C20H26N2O/c1-4-21-15-16-9-8-12-18(13-16)22-19(23)14-20(2,3)17-10-6-5-7-11-17/h5-13,21H,4,14-15H2,1-3H3,(H,22,23). The van der Waals surface area contributed by atoms with E-state index >= 15 is 0 Å². The molecule has 2 rings (SSSR count). The van der Waals surface area contributed by atoms with Crippen molar-refractivity contribution in [1.29, 1.82) is 0 Å². The molecule has 0 aliphatic carbocycles. The molecule has 0 saturated carbocycles. The maximum Gasteiger partial charge on any atom is 0.225 e. The molecular weight excluding hydrogens is 284 g/mol. The number of carbonyl (C=O) groups excluding carboxylic acids is 1. The molecule has 3 heteroatoms. The number of benzene rings is 2. The van der Waals surface area contributed by atoms with E-state index in [4.69, 9.17) is 0 Å². The Balaban J connectivity index is 1.99. The smallest absolute Gasteiger partial charge is 0.225 e. The van der Waals surface area contributed by atoms with E-state index < -0.39 is 0 Å². The monoisotopic (exact) mass is 310 g/mol. The Hall–Kier alpha value is -2.13. The lowest BCUT2D eigenvalue weighted by Crippen LogP contribution is -2.25. The van der Waals surface area contributed by atoms with Crippen molar-refractivity contribution in [3.63, 3.8) is 0 Å². The van der Waals surface area contributed by atoms with E-state index in [0.29, 0.717) is 6.42 Å². The lowest BCUT2D eigenvalue weighted by Gasteiger charge is -2.24. The molecule has 2 N–H and O–H groups in total. The molecule has 1 amide bonds. The Morgan fingerprint density at radius 1 is 1.04 bits per heavy atom. The number of amides is 1. The molecular formula is C20H26N2O. The van der Waals surface area contributed by atoms with Crippen molar-refractivity contribution < 1.29 is 4.79 Å². The first-order chi connectivity index (χ1) is 11.0. The third-order valence-electron chi connectivity index (χ3n) is 3.95. The van der Waals surface area contributed by atoms with Crippen LogP contribution in [0.4, 0.5) is 5.69 Å². The molecule has 2 aromatic carbocycles. The molecule has 0 spiro atoms. The van der Waals surface area contributed by atoms with E-state index in [9.17, 15) is 4.79 Å². The molecule has 2 aromatic rings. The highest BCUT2D eigenvalue weighted by atomic mass is 16.1. The zero-order valence-corrected chi connectivity index (χ0v) is 14.2. The van der Waals surface area contributed by atoms with E-state index in [1.165, 1.54) is 11.1 Å². The quantitative estimate of drug-likeness (QED) is 0.808. The third-order valence-corrected chi connectivity index (χ3v) is 3.95. The van der Waals surface area contributed by atoms with E-state index in [1.54, 1.807) is 0 Å². The molecule has 23 heavy (non-hydrogen) atoms. The number of anilines is 1. The molecule has 0 unspecified atom stereocenters. The Kier molecular flexibility index (Phi) is 5.94. The Morgan fingerprint density at radius 3 is 2.48 bits per heavy atom. The predicted octanol–water partition coefficient (Wildman–Crippen LogP) is 4.10. The second kappa shape index (κ2) is 7.93. The van der Waals surface area contributed by atoms with Crippen LogP contribution in [0, 0.1) is 0 Å². The van der Waals surface area contributed by atoms with Gasteiger partial charge in [-0.15, -0.1) is 0 Å². The summed E-state index contributed by atoms with van der Waals surface area (Å²) in [5.41, 5.74) is 3.02. The van der Waals surface area contributed by atoms with Crippen molar-refractivity contribution >= 4 is 11.6 Å². The summed E-state index contributed by atoms with van der Waals surface area (Å²) < 4.78 is 0.